The molecule has 0 radical (unpaired) electrons. The van der Waals surface area contributed by atoms with E-state index in [0.29, 0.717) is 12.4 Å². The largest absolute Gasteiger partial charge is 0.487 e. The van der Waals surface area contributed by atoms with Crippen LogP contribution in [0.3, 0.4) is 0 Å². The highest BCUT2D eigenvalue weighted by atomic mass is 32.1. The van der Waals surface area contributed by atoms with Crippen LogP contribution in [-0.4, -0.2) is 16.1 Å². The van der Waals surface area contributed by atoms with Crippen LogP contribution >= 0.6 is 11.3 Å². The molecule has 0 aliphatic carbocycles. The Morgan fingerprint density at radius 1 is 1.50 bits per heavy atom. The molecular weight excluding hydrogens is 226 g/mol. The van der Waals surface area contributed by atoms with Crippen molar-refractivity contribution in [3.8, 4) is 5.75 Å². The van der Waals surface area contributed by atoms with Crippen LogP contribution in [0, 0.1) is 0 Å². The van der Waals surface area contributed by atoms with Crippen LogP contribution in [0.25, 0.3) is 0 Å². The highest BCUT2D eigenvalue weighted by Gasteiger charge is 2.12. The Kier molecular flexibility index (Phi) is 3.16. The number of carbonyl (C=O) groups is 1. The fourth-order valence-corrected chi connectivity index (χ4v) is 1.88. The lowest BCUT2D eigenvalue weighted by atomic mass is 10.3. The van der Waals surface area contributed by atoms with Crippen molar-refractivity contribution in [2.24, 2.45) is 0 Å². The second-order valence-electron chi connectivity index (χ2n) is 3.07. The van der Waals surface area contributed by atoms with Crippen LogP contribution in [0.4, 0.5) is 0 Å². The predicted octanol–water partition coefficient (Wildman–Crippen LogP) is 2.42. The number of carboxylic acids is 1. The summed E-state index contributed by atoms with van der Waals surface area (Å²) in [6.45, 7) is 0.324. The Balaban J connectivity index is 2.05. The minimum absolute atomic E-state index is 0.226. The lowest BCUT2D eigenvalue weighted by molar-refractivity contribution is 0.0697. The van der Waals surface area contributed by atoms with E-state index in [9.17, 15) is 4.79 Å². The number of nitrogens with zero attached hydrogens (tertiary/aromatic N) is 1. The third-order valence-corrected chi connectivity index (χ3v) is 2.82. The molecule has 16 heavy (non-hydrogen) atoms. The number of carboxylic acid groups (broad SMARTS) is 1. The zero-order valence-electron chi connectivity index (χ0n) is 8.29. The molecular formula is C11H9NO3S. The minimum atomic E-state index is -0.962. The Hall–Kier alpha value is -1.88. The predicted molar refractivity (Wildman–Crippen MR) is 59.8 cm³/mol. The van der Waals surface area contributed by atoms with Crippen molar-refractivity contribution in [2.75, 3.05) is 0 Å². The number of hydrogen-bond acceptors (Lipinski definition) is 4. The fourth-order valence-electron chi connectivity index (χ4n) is 1.21. The summed E-state index contributed by atoms with van der Waals surface area (Å²) in [7, 11) is 0. The van der Waals surface area contributed by atoms with Crippen molar-refractivity contribution in [3.63, 3.8) is 0 Å². The summed E-state index contributed by atoms with van der Waals surface area (Å²) in [5.41, 5.74) is 0.907. The number of rotatable bonds is 4. The van der Waals surface area contributed by atoms with E-state index in [4.69, 9.17) is 9.84 Å². The Morgan fingerprint density at radius 3 is 3.06 bits per heavy atom. The lowest BCUT2D eigenvalue weighted by Gasteiger charge is -2.04. The first-order valence-electron chi connectivity index (χ1n) is 4.60. The molecule has 2 aromatic heterocycles. The van der Waals surface area contributed by atoms with E-state index in [-0.39, 0.29) is 4.88 Å². The molecule has 0 atom stereocenters. The van der Waals surface area contributed by atoms with E-state index < -0.39 is 5.97 Å². The van der Waals surface area contributed by atoms with Crippen molar-refractivity contribution in [2.45, 2.75) is 6.61 Å². The number of aromatic nitrogens is 1. The van der Waals surface area contributed by atoms with E-state index in [1.54, 1.807) is 23.8 Å². The second-order valence-corrected chi connectivity index (χ2v) is 3.99. The van der Waals surface area contributed by atoms with Gasteiger partial charge in [0.2, 0.25) is 0 Å². The van der Waals surface area contributed by atoms with Crippen molar-refractivity contribution in [3.05, 3.63) is 46.4 Å². The standard InChI is InChI=1S/C11H9NO3S/c13-11(14)10-9(3-5-16-10)15-7-8-2-1-4-12-6-8/h1-6H,7H2,(H,13,14). The molecule has 0 unspecified atom stereocenters. The van der Waals surface area contributed by atoms with Crippen LogP contribution in [0.2, 0.25) is 0 Å². The molecule has 0 saturated heterocycles. The van der Waals surface area contributed by atoms with Gasteiger partial charge < -0.3 is 9.84 Å². The maximum absolute atomic E-state index is 10.8. The average Bonchev–Trinajstić information content (AvgIpc) is 2.76. The number of thiophene rings is 1. The van der Waals surface area contributed by atoms with Crippen LogP contribution in [0.1, 0.15) is 15.2 Å². The van der Waals surface area contributed by atoms with Gasteiger partial charge in [0, 0.05) is 18.0 Å². The number of aromatic carboxylic acids is 1. The normalized spacial score (nSPS) is 10.0. The Labute approximate surface area is 96.1 Å². The van der Waals surface area contributed by atoms with Crippen LogP contribution in [0.5, 0.6) is 5.75 Å². The lowest BCUT2D eigenvalue weighted by Crippen LogP contribution is -2.00. The van der Waals surface area contributed by atoms with Gasteiger partial charge >= 0.3 is 5.97 Å². The minimum Gasteiger partial charge on any atom is -0.487 e. The summed E-state index contributed by atoms with van der Waals surface area (Å²) < 4.78 is 5.41. The van der Waals surface area contributed by atoms with Gasteiger partial charge in [-0.2, -0.15) is 0 Å². The van der Waals surface area contributed by atoms with Gasteiger partial charge in [0.1, 0.15) is 12.4 Å². The quantitative estimate of drug-likeness (QED) is 0.884. The van der Waals surface area contributed by atoms with Gasteiger partial charge in [0.25, 0.3) is 0 Å². The second kappa shape index (κ2) is 4.76. The van der Waals surface area contributed by atoms with Crippen molar-refractivity contribution >= 4 is 17.3 Å². The van der Waals surface area contributed by atoms with E-state index in [0.717, 1.165) is 16.9 Å². The first kappa shape index (κ1) is 10.6. The summed E-state index contributed by atoms with van der Waals surface area (Å²) >= 11 is 1.15. The third kappa shape index (κ3) is 2.38. The molecule has 0 aliphatic rings. The van der Waals surface area contributed by atoms with Gasteiger partial charge in [-0.05, 0) is 17.5 Å². The molecule has 0 aliphatic heterocycles. The number of ether oxygens (including phenoxy) is 1. The van der Waals surface area contributed by atoms with Crippen molar-refractivity contribution in [1.82, 2.24) is 4.98 Å². The maximum atomic E-state index is 10.8. The summed E-state index contributed by atoms with van der Waals surface area (Å²) in [6, 6.07) is 5.34. The first-order valence-corrected chi connectivity index (χ1v) is 5.48. The van der Waals surface area contributed by atoms with Gasteiger partial charge in [0.15, 0.2) is 4.88 Å². The van der Waals surface area contributed by atoms with Crippen molar-refractivity contribution in [1.29, 1.82) is 0 Å². The van der Waals surface area contributed by atoms with Gasteiger partial charge in [-0.25, -0.2) is 4.79 Å². The third-order valence-electron chi connectivity index (χ3n) is 1.94. The van der Waals surface area contributed by atoms with Crippen LogP contribution < -0.4 is 4.74 Å². The summed E-state index contributed by atoms with van der Waals surface area (Å²) in [5, 5.41) is 10.6. The summed E-state index contributed by atoms with van der Waals surface area (Å²) in [5.74, 6) is -0.558. The number of pyridine rings is 1. The zero-order chi connectivity index (χ0) is 11.4. The van der Waals surface area contributed by atoms with Crippen LogP contribution in [-0.2, 0) is 6.61 Å². The van der Waals surface area contributed by atoms with Gasteiger partial charge in [-0.15, -0.1) is 11.3 Å². The molecule has 0 amide bonds. The average molecular weight is 235 g/mol. The summed E-state index contributed by atoms with van der Waals surface area (Å²) in [4.78, 5) is 15.0. The zero-order valence-corrected chi connectivity index (χ0v) is 9.11. The molecule has 82 valence electrons. The highest BCUT2D eigenvalue weighted by molar-refractivity contribution is 7.12. The number of hydrogen-bond donors (Lipinski definition) is 1. The molecule has 0 fully saturated rings. The maximum Gasteiger partial charge on any atom is 0.349 e. The monoisotopic (exact) mass is 235 g/mol. The van der Waals surface area contributed by atoms with Gasteiger partial charge in [-0.3, -0.25) is 4.98 Å². The molecule has 1 N–H and O–H groups in total. The molecule has 0 bridgehead atoms. The van der Waals surface area contributed by atoms with Gasteiger partial charge in [-0.1, -0.05) is 6.07 Å². The fraction of sp³-hybridized carbons (Fsp3) is 0.0909. The molecule has 2 aromatic rings. The van der Waals surface area contributed by atoms with E-state index in [1.165, 1.54) is 0 Å². The molecule has 0 aromatic carbocycles. The molecule has 0 saturated carbocycles. The topological polar surface area (TPSA) is 59.4 Å². The van der Waals surface area contributed by atoms with Gasteiger partial charge in [0.05, 0.1) is 0 Å². The molecule has 5 heteroatoms. The van der Waals surface area contributed by atoms with Crippen LogP contribution in [0.15, 0.2) is 36.0 Å². The molecule has 4 nitrogen and oxygen atoms in total. The van der Waals surface area contributed by atoms with E-state index >= 15 is 0 Å². The smallest absolute Gasteiger partial charge is 0.349 e. The first-order chi connectivity index (χ1) is 7.77. The Bertz CT molecular complexity index is 481. The molecule has 2 rings (SSSR count). The SMILES string of the molecule is O=C(O)c1sccc1OCc1cccnc1. The highest BCUT2D eigenvalue weighted by Crippen LogP contribution is 2.25. The summed E-state index contributed by atoms with van der Waals surface area (Å²) in [6.07, 6.45) is 3.36. The Morgan fingerprint density at radius 2 is 2.38 bits per heavy atom. The van der Waals surface area contributed by atoms with E-state index in [2.05, 4.69) is 4.98 Å². The van der Waals surface area contributed by atoms with Crippen molar-refractivity contribution < 1.29 is 14.6 Å². The molecule has 2 heterocycles. The molecule has 0 spiro atoms. The van der Waals surface area contributed by atoms with E-state index in [1.807, 2.05) is 12.1 Å².